The number of aromatic nitrogens is 2. The van der Waals surface area contributed by atoms with Crippen LogP contribution in [-0.2, 0) is 9.47 Å². The van der Waals surface area contributed by atoms with Gasteiger partial charge in [0.05, 0.1) is 30.9 Å². The van der Waals surface area contributed by atoms with Crippen molar-refractivity contribution in [3.8, 4) is 5.75 Å². The Kier molecular flexibility index (Phi) is 10.0. The fraction of sp³-hybridized carbons (Fsp3) is 0.424. The van der Waals surface area contributed by atoms with Gasteiger partial charge in [-0.1, -0.05) is 31.4 Å². The molecule has 9 heteroatoms. The third-order valence-electron chi connectivity index (χ3n) is 8.22. The molecule has 2 aromatic heterocycles. The summed E-state index contributed by atoms with van der Waals surface area (Å²) < 4.78 is 16.9. The summed E-state index contributed by atoms with van der Waals surface area (Å²) in [6.07, 6.45) is 12.3. The lowest BCUT2D eigenvalue weighted by molar-refractivity contribution is 0.0315. The highest BCUT2D eigenvalue weighted by Crippen LogP contribution is 2.36. The van der Waals surface area contributed by atoms with Crippen molar-refractivity contribution in [3.63, 3.8) is 0 Å². The maximum absolute atomic E-state index is 11.3. The summed E-state index contributed by atoms with van der Waals surface area (Å²) in [6.45, 7) is 2.21. The minimum absolute atomic E-state index is 0.221. The maximum Gasteiger partial charge on any atom is 0.336 e. The zero-order chi connectivity index (χ0) is 29.3. The standard InChI is InChI=1S/C33H38N2O7/c36-32(37)27-10-8-25(20-28(27)33(38)39)42-18-17-41-16-15-40-14-12-22-3-1-2-4-23(6-5-22)24-7-9-26-29-21-34-13-11-30(29)35-31(26)19-24/h7-11,13,19-23,35H,1-6,12,14-18H2,(H,36,37)(H,38,39). The number of pyridine rings is 1. The number of nitrogens with zero attached hydrogens (tertiary/aromatic N) is 1. The molecule has 2 heterocycles. The lowest BCUT2D eigenvalue weighted by Gasteiger charge is -2.25. The molecule has 1 aliphatic rings. The summed E-state index contributed by atoms with van der Waals surface area (Å²) in [4.78, 5) is 30.3. The van der Waals surface area contributed by atoms with E-state index in [9.17, 15) is 14.7 Å². The zero-order valence-corrected chi connectivity index (χ0v) is 23.7. The van der Waals surface area contributed by atoms with Gasteiger partial charge >= 0.3 is 11.9 Å². The van der Waals surface area contributed by atoms with E-state index >= 15 is 0 Å². The smallest absolute Gasteiger partial charge is 0.336 e. The van der Waals surface area contributed by atoms with E-state index in [2.05, 4.69) is 28.2 Å². The first-order valence-electron chi connectivity index (χ1n) is 14.7. The minimum atomic E-state index is -1.31. The topological polar surface area (TPSA) is 131 Å². The highest BCUT2D eigenvalue weighted by atomic mass is 16.5. The first kappa shape index (κ1) is 29.5. The molecule has 222 valence electrons. The average molecular weight is 575 g/mol. The van der Waals surface area contributed by atoms with Crippen LogP contribution in [0.25, 0.3) is 21.8 Å². The number of aromatic carboxylic acids is 2. The van der Waals surface area contributed by atoms with Gasteiger partial charge in [0.25, 0.3) is 0 Å². The Bertz CT molecular complexity index is 1520. The lowest BCUT2D eigenvalue weighted by atomic mass is 9.81. The fourth-order valence-electron chi connectivity index (χ4n) is 5.96. The van der Waals surface area contributed by atoms with E-state index in [-0.39, 0.29) is 23.5 Å². The normalized spacial score (nSPS) is 17.6. The lowest BCUT2D eigenvalue weighted by Crippen LogP contribution is -2.14. The average Bonchev–Trinajstić information content (AvgIpc) is 3.35. The van der Waals surface area contributed by atoms with Gasteiger partial charge in [-0.2, -0.15) is 0 Å². The number of fused-ring (bicyclic) bond motifs is 3. The van der Waals surface area contributed by atoms with Gasteiger partial charge in [0, 0.05) is 40.8 Å². The van der Waals surface area contributed by atoms with Crippen molar-refractivity contribution in [2.75, 3.05) is 33.0 Å². The zero-order valence-electron chi connectivity index (χ0n) is 23.7. The van der Waals surface area contributed by atoms with Crippen molar-refractivity contribution < 1.29 is 34.0 Å². The number of carboxylic acids is 2. The van der Waals surface area contributed by atoms with E-state index in [1.165, 1.54) is 78.6 Å². The van der Waals surface area contributed by atoms with Crippen LogP contribution in [0.1, 0.15) is 77.1 Å². The molecule has 1 fully saturated rings. The number of hydrogen-bond donors (Lipinski definition) is 3. The Labute approximate surface area is 244 Å². The first-order valence-corrected chi connectivity index (χ1v) is 14.7. The quantitative estimate of drug-likeness (QED) is 0.151. The van der Waals surface area contributed by atoms with Crippen LogP contribution in [0.5, 0.6) is 5.75 Å². The van der Waals surface area contributed by atoms with Crippen molar-refractivity contribution in [3.05, 3.63) is 71.5 Å². The van der Waals surface area contributed by atoms with Crippen molar-refractivity contribution >= 4 is 33.7 Å². The molecule has 2 aromatic carbocycles. The van der Waals surface area contributed by atoms with Crippen LogP contribution in [0.2, 0.25) is 0 Å². The monoisotopic (exact) mass is 574 g/mol. The Morgan fingerprint density at radius 1 is 0.786 bits per heavy atom. The molecule has 9 nitrogen and oxygen atoms in total. The second kappa shape index (κ2) is 14.3. The predicted molar refractivity (Wildman–Crippen MR) is 160 cm³/mol. The van der Waals surface area contributed by atoms with Crippen LogP contribution in [0.4, 0.5) is 0 Å². The fourth-order valence-corrected chi connectivity index (χ4v) is 5.96. The molecule has 0 radical (unpaired) electrons. The van der Waals surface area contributed by atoms with E-state index < -0.39 is 11.9 Å². The second-order valence-electron chi connectivity index (χ2n) is 11.0. The third-order valence-corrected chi connectivity index (χ3v) is 8.22. The van der Waals surface area contributed by atoms with Gasteiger partial charge in [0.1, 0.15) is 12.4 Å². The molecule has 1 saturated carbocycles. The third kappa shape index (κ3) is 7.46. The van der Waals surface area contributed by atoms with Crippen molar-refractivity contribution in [1.29, 1.82) is 0 Å². The molecule has 5 rings (SSSR count). The molecule has 2 unspecified atom stereocenters. The SMILES string of the molecule is O=C(O)c1ccc(OCCOCCOCCC2CCCCC(c3ccc4c(c3)[nH]c3ccncc34)CC2)cc1C(=O)O. The summed E-state index contributed by atoms with van der Waals surface area (Å²) in [5.74, 6) is -1.06. The molecule has 0 saturated heterocycles. The van der Waals surface area contributed by atoms with Crippen LogP contribution >= 0.6 is 0 Å². The molecule has 2 atom stereocenters. The number of ether oxygens (including phenoxy) is 3. The van der Waals surface area contributed by atoms with Crippen LogP contribution in [0.15, 0.2) is 54.9 Å². The number of aromatic amines is 1. The van der Waals surface area contributed by atoms with Gasteiger partial charge in [-0.3, -0.25) is 4.98 Å². The van der Waals surface area contributed by atoms with E-state index in [1.807, 2.05) is 18.5 Å². The number of hydrogen-bond acceptors (Lipinski definition) is 6. The van der Waals surface area contributed by atoms with Crippen LogP contribution in [0.3, 0.4) is 0 Å². The van der Waals surface area contributed by atoms with Gasteiger partial charge in [-0.25, -0.2) is 9.59 Å². The predicted octanol–water partition coefficient (Wildman–Crippen LogP) is 6.67. The minimum Gasteiger partial charge on any atom is -0.491 e. The van der Waals surface area contributed by atoms with Crippen molar-refractivity contribution in [2.45, 2.75) is 50.9 Å². The number of H-pyrrole nitrogens is 1. The Hall–Kier alpha value is -3.95. The molecule has 0 aliphatic heterocycles. The Morgan fingerprint density at radius 2 is 1.57 bits per heavy atom. The van der Waals surface area contributed by atoms with Gasteiger partial charge < -0.3 is 29.4 Å². The largest absolute Gasteiger partial charge is 0.491 e. The summed E-state index contributed by atoms with van der Waals surface area (Å²) in [6, 6.07) is 12.8. The first-order chi connectivity index (χ1) is 20.5. The van der Waals surface area contributed by atoms with Crippen molar-refractivity contribution in [1.82, 2.24) is 9.97 Å². The number of nitrogens with one attached hydrogen (secondary N) is 1. The molecular weight excluding hydrogens is 536 g/mol. The highest BCUT2D eigenvalue weighted by Gasteiger charge is 2.20. The number of carbonyl (C=O) groups is 2. The van der Waals surface area contributed by atoms with Gasteiger partial charge in [-0.05, 0) is 73.4 Å². The summed E-state index contributed by atoms with van der Waals surface area (Å²) in [7, 11) is 0. The number of benzene rings is 2. The van der Waals surface area contributed by atoms with Gasteiger partial charge in [0.2, 0.25) is 0 Å². The second-order valence-corrected chi connectivity index (χ2v) is 11.0. The molecular formula is C33H38N2O7. The van der Waals surface area contributed by atoms with Crippen LogP contribution in [-0.4, -0.2) is 65.2 Å². The Morgan fingerprint density at radius 3 is 2.40 bits per heavy atom. The molecule has 3 N–H and O–H groups in total. The summed E-state index contributed by atoms with van der Waals surface area (Å²) >= 11 is 0. The Balaban J connectivity index is 0.983. The van der Waals surface area contributed by atoms with E-state index in [0.29, 0.717) is 31.7 Å². The van der Waals surface area contributed by atoms with Crippen LogP contribution in [0, 0.1) is 5.92 Å². The van der Waals surface area contributed by atoms with Crippen molar-refractivity contribution in [2.24, 2.45) is 5.92 Å². The molecule has 0 amide bonds. The number of rotatable bonds is 13. The number of carboxylic acid groups (broad SMARTS) is 2. The molecule has 42 heavy (non-hydrogen) atoms. The molecule has 4 aromatic rings. The molecule has 0 bridgehead atoms. The van der Waals surface area contributed by atoms with E-state index in [4.69, 9.17) is 19.3 Å². The van der Waals surface area contributed by atoms with E-state index in [1.54, 1.807) is 0 Å². The highest BCUT2D eigenvalue weighted by molar-refractivity contribution is 6.06. The van der Waals surface area contributed by atoms with Gasteiger partial charge in [-0.15, -0.1) is 0 Å². The van der Waals surface area contributed by atoms with Crippen LogP contribution < -0.4 is 4.74 Å². The molecule has 0 spiro atoms. The van der Waals surface area contributed by atoms with Gasteiger partial charge in [0.15, 0.2) is 0 Å². The summed E-state index contributed by atoms with van der Waals surface area (Å²) in [5, 5.41) is 20.7. The molecule has 1 aliphatic carbocycles. The van der Waals surface area contributed by atoms with E-state index in [0.717, 1.165) is 18.5 Å². The summed E-state index contributed by atoms with van der Waals surface area (Å²) in [5.41, 5.74) is 3.18. The maximum atomic E-state index is 11.3.